The fourth-order valence-electron chi connectivity index (χ4n) is 1.90. The minimum absolute atomic E-state index is 0.0579. The van der Waals surface area contributed by atoms with Gasteiger partial charge >= 0.3 is 0 Å². The van der Waals surface area contributed by atoms with Crippen LogP contribution >= 0.6 is 0 Å². The van der Waals surface area contributed by atoms with Crippen LogP contribution in [-0.2, 0) is 9.59 Å². The molecule has 0 spiro atoms. The predicted octanol–water partition coefficient (Wildman–Crippen LogP) is -3.77. The highest BCUT2D eigenvalue weighted by Crippen LogP contribution is 2.01. The van der Waals surface area contributed by atoms with E-state index in [0.717, 1.165) is 0 Å². The van der Waals surface area contributed by atoms with E-state index < -0.39 is 34.9 Å². The number of nitrogens with one attached hydrogen (secondary N) is 3. The molecule has 0 aliphatic carbocycles. The molecule has 27 heavy (non-hydrogen) atoms. The van der Waals surface area contributed by atoms with Crippen molar-refractivity contribution in [1.29, 1.82) is 0 Å². The lowest BCUT2D eigenvalue weighted by molar-refractivity contribution is -0.525. The number of nitro groups is 1. The number of hydrogen-bond acceptors (Lipinski definition) is 8. The van der Waals surface area contributed by atoms with Crippen molar-refractivity contribution in [2.75, 3.05) is 13.1 Å². The zero-order valence-corrected chi connectivity index (χ0v) is 14.6. The third-order valence-corrected chi connectivity index (χ3v) is 3.19. The summed E-state index contributed by atoms with van der Waals surface area (Å²) in [6.07, 6.45) is 1.08. The molecular formula is C12H26N10O5. The lowest BCUT2D eigenvalue weighted by Crippen LogP contribution is -2.51. The summed E-state index contributed by atoms with van der Waals surface area (Å²) in [5.74, 6) is -1.89. The normalized spacial score (nSPS) is 13.2. The van der Waals surface area contributed by atoms with Crippen LogP contribution in [-0.4, -0.2) is 59.1 Å². The molecule has 2 amide bonds. The van der Waals surface area contributed by atoms with E-state index in [4.69, 9.17) is 28.1 Å². The smallest absolute Gasteiger partial charge is 0.265 e. The molecular weight excluding hydrogens is 364 g/mol. The summed E-state index contributed by atoms with van der Waals surface area (Å²) in [4.78, 5) is 41.3. The van der Waals surface area contributed by atoms with E-state index in [-0.39, 0.29) is 31.8 Å². The van der Waals surface area contributed by atoms with Gasteiger partial charge < -0.3 is 28.3 Å². The Morgan fingerprint density at radius 3 is 2.22 bits per heavy atom. The maximum absolute atomic E-state index is 12.0. The maximum atomic E-state index is 12.0. The highest BCUT2D eigenvalue weighted by molar-refractivity contribution is 5.89. The molecule has 0 aliphatic heterocycles. The SMILES string of the molecule is NC(N)=NCCCC(N)C(=O)N[C@@H](CCCN=C(N)N[N+](=O)[O-])C(=O)NO. The van der Waals surface area contributed by atoms with Crippen molar-refractivity contribution in [2.24, 2.45) is 32.9 Å². The fourth-order valence-corrected chi connectivity index (χ4v) is 1.90. The highest BCUT2D eigenvalue weighted by Gasteiger charge is 2.23. The topological polar surface area (TPSA) is 262 Å². The van der Waals surface area contributed by atoms with Gasteiger partial charge in [-0.1, -0.05) is 5.43 Å². The van der Waals surface area contributed by atoms with Crippen LogP contribution in [0.4, 0.5) is 0 Å². The number of carbonyl (C=O) groups is 2. The van der Waals surface area contributed by atoms with E-state index in [1.54, 1.807) is 5.43 Å². The van der Waals surface area contributed by atoms with E-state index in [0.29, 0.717) is 13.0 Å². The highest BCUT2D eigenvalue weighted by atomic mass is 16.7. The molecule has 2 atom stereocenters. The number of hydroxylamine groups is 1. The zero-order valence-electron chi connectivity index (χ0n) is 14.6. The number of nitrogens with two attached hydrogens (primary N) is 4. The predicted molar refractivity (Wildman–Crippen MR) is 95.6 cm³/mol. The molecule has 0 bridgehead atoms. The Hall–Kier alpha value is -3.20. The largest absolute Gasteiger partial charge is 0.370 e. The first-order valence-electron chi connectivity index (χ1n) is 7.93. The number of hydrazine groups is 1. The number of aliphatic imine (C=N–C) groups is 2. The lowest BCUT2D eigenvalue weighted by Gasteiger charge is -2.19. The van der Waals surface area contributed by atoms with Gasteiger partial charge in [0.05, 0.1) is 6.04 Å². The third-order valence-electron chi connectivity index (χ3n) is 3.19. The molecule has 154 valence electrons. The number of guanidine groups is 2. The van der Waals surface area contributed by atoms with Gasteiger partial charge in [0.2, 0.25) is 5.91 Å². The van der Waals surface area contributed by atoms with Gasteiger partial charge in [0.25, 0.3) is 11.9 Å². The van der Waals surface area contributed by atoms with Gasteiger partial charge in [-0.15, -0.1) is 0 Å². The molecule has 0 aliphatic rings. The van der Waals surface area contributed by atoms with Crippen molar-refractivity contribution in [2.45, 2.75) is 37.8 Å². The van der Waals surface area contributed by atoms with Gasteiger partial charge in [0, 0.05) is 13.1 Å². The summed E-state index contributed by atoms with van der Waals surface area (Å²) in [5, 5.41) is 20.5. The summed E-state index contributed by atoms with van der Waals surface area (Å²) in [6, 6.07) is -1.96. The van der Waals surface area contributed by atoms with Gasteiger partial charge in [-0.2, -0.15) is 0 Å². The van der Waals surface area contributed by atoms with Gasteiger partial charge in [0.15, 0.2) is 11.0 Å². The first kappa shape index (κ1) is 23.8. The fraction of sp³-hybridized carbons (Fsp3) is 0.667. The van der Waals surface area contributed by atoms with E-state index in [9.17, 15) is 19.7 Å². The van der Waals surface area contributed by atoms with Gasteiger partial charge in [-0.05, 0) is 25.7 Å². The second-order valence-electron chi connectivity index (χ2n) is 5.37. The second-order valence-corrected chi connectivity index (χ2v) is 5.37. The number of rotatable bonds is 12. The maximum Gasteiger partial charge on any atom is 0.265 e. The summed E-state index contributed by atoms with van der Waals surface area (Å²) >= 11 is 0. The molecule has 15 nitrogen and oxygen atoms in total. The summed E-state index contributed by atoms with van der Waals surface area (Å²) in [6.45, 7) is 0.365. The summed E-state index contributed by atoms with van der Waals surface area (Å²) in [5.41, 5.74) is 24.4. The van der Waals surface area contributed by atoms with Gasteiger partial charge in [-0.25, -0.2) is 20.6 Å². The minimum atomic E-state index is -1.06. The van der Waals surface area contributed by atoms with Crippen molar-refractivity contribution in [3.05, 3.63) is 10.1 Å². The lowest BCUT2D eigenvalue weighted by atomic mass is 10.1. The number of amides is 2. The Morgan fingerprint density at radius 1 is 1.07 bits per heavy atom. The molecule has 0 saturated carbocycles. The number of carbonyl (C=O) groups excluding carboxylic acids is 2. The average molecular weight is 390 g/mol. The Morgan fingerprint density at radius 2 is 1.67 bits per heavy atom. The monoisotopic (exact) mass is 390 g/mol. The molecule has 0 aromatic heterocycles. The average Bonchev–Trinajstić information content (AvgIpc) is 2.59. The minimum Gasteiger partial charge on any atom is -0.370 e. The van der Waals surface area contributed by atoms with Crippen molar-refractivity contribution in [3.63, 3.8) is 0 Å². The molecule has 0 aromatic rings. The zero-order chi connectivity index (χ0) is 20.8. The van der Waals surface area contributed by atoms with Crippen molar-refractivity contribution in [3.8, 4) is 0 Å². The van der Waals surface area contributed by atoms with Crippen LogP contribution in [0.25, 0.3) is 0 Å². The van der Waals surface area contributed by atoms with Crippen LogP contribution < -0.4 is 39.2 Å². The molecule has 0 saturated heterocycles. The molecule has 12 N–H and O–H groups in total. The number of nitrogens with zero attached hydrogens (tertiary/aromatic N) is 3. The third kappa shape index (κ3) is 11.9. The van der Waals surface area contributed by atoms with Gasteiger partial charge in [-0.3, -0.25) is 19.8 Å². The molecule has 0 heterocycles. The number of hydrogen-bond donors (Lipinski definition) is 8. The Labute approximate surface area is 154 Å². The standard InChI is InChI=1S/C12H26N10O5/c13-7(3-1-5-17-11(14)15)9(23)19-8(10(24)21-25)4-2-6-18-12(16)20-22(26)27/h7-8,25H,1-6,13H2,(H,19,23)(H,21,24)(H4,14,15,17)(H3,16,18,20)/t7?,8-/m0/s1. The van der Waals surface area contributed by atoms with Crippen molar-refractivity contribution < 1.29 is 19.8 Å². The molecule has 1 unspecified atom stereocenters. The Kier molecular flexibility index (Phi) is 11.5. The van der Waals surface area contributed by atoms with E-state index >= 15 is 0 Å². The summed E-state index contributed by atoms with van der Waals surface area (Å²) < 4.78 is 0. The second kappa shape index (κ2) is 13.1. The Balaban J connectivity index is 4.47. The van der Waals surface area contributed by atoms with Crippen molar-refractivity contribution >= 4 is 23.7 Å². The van der Waals surface area contributed by atoms with E-state index in [1.807, 2.05) is 0 Å². The van der Waals surface area contributed by atoms with Crippen LogP contribution in [0.5, 0.6) is 0 Å². The summed E-state index contributed by atoms with van der Waals surface area (Å²) in [7, 11) is 0. The van der Waals surface area contributed by atoms with Crippen molar-refractivity contribution in [1.82, 2.24) is 16.2 Å². The first-order chi connectivity index (χ1) is 12.7. The quantitative estimate of drug-likeness (QED) is 0.0402. The van der Waals surface area contributed by atoms with Crippen LogP contribution in [0.2, 0.25) is 0 Å². The molecule has 15 heteroatoms. The molecule has 0 radical (unpaired) electrons. The van der Waals surface area contributed by atoms with Gasteiger partial charge in [0.1, 0.15) is 6.04 Å². The first-order valence-corrected chi connectivity index (χ1v) is 7.93. The van der Waals surface area contributed by atoms with Crippen LogP contribution in [0, 0.1) is 10.1 Å². The van der Waals surface area contributed by atoms with Crippen LogP contribution in [0.3, 0.4) is 0 Å². The van der Waals surface area contributed by atoms with Crippen LogP contribution in [0.15, 0.2) is 9.98 Å². The van der Waals surface area contributed by atoms with Crippen LogP contribution in [0.1, 0.15) is 25.7 Å². The molecule has 0 fully saturated rings. The molecule has 0 rings (SSSR count). The Bertz CT molecular complexity index is 563. The molecule has 0 aromatic carbocycles. The van der Waals surface area contributed by atoms with E-state index in [1.165, 1.54) is 5.48 Å². The van der Waals surface area contributed by atoms with E-state index in [2.05, 4.69) is 15.3 Å².